The van der Waals surface area contributed by atoms with Crippen LogP contribution in [0, 0.1) is 20.2 Å². The first-order valence-electron chi connectivity index (χ1n) is 18.5. The quantitative estimate of drug-likeness (QED) is 0.0234. The average molecular weight is 699 g/mol. The van der Waals surface area contributed by atoms with Crippen molar-refractivity contribution in [3.8, 4) is 0 Å². The number of carbonyl (C=O) groups is 2. The van der Waals surface area contributed by atoms with Crippen LogP contribution in [0.3, 0.4) is 0 Å². The molecule has 0 heterocycles. The maximum atomic E-state index is 13.4. The van der Waals surface area contributed by atoms with Crippen LogP contribution < -0.4 is 0 Å². The van der Waals surface area contributed by atoms with Gasteiger partial charge < -0.3 is 9.47 Å². The molecule has 278 valence electrons. The van der Waals surface area contributed by atoms with E-state index in [1.807, 2.05) is 13.8 Å². The van der Waals surface area contributed by atoms with Crippen molar-refractivity contribution in [2.75, 3.05) is 26.2 Å². The summed E-state index contributed by atoms with van der Waals surface area (Å²) in [6.45, 7) is 11.1. The Labute approximate surface area is 297 Å². The lowest BCUT2D eigenvalue weighted by Crippen LogP contribution is -2.44. The van der Waals surface area contributed by atoms with Gasteiger partial charge in [0.15, 0.2) is 12.5 Å². The second-order valence-electron chi connectivity index (χ2n) is 12.7. The molecular formula is C38H58N4O8. The third-order valence-corrected chi connectivity index (χ3v) is 9.00. The van der Waals surface area contributed by atoms with Gasteiger partial charge in [-0.15, -0.1) is 0 Å². The number of esters is 2. The van der Waals surface area contributed by atoms with Crippen molar-refractivity contribution in [3.63, 3.8) is 0 Å². The van der Waals surface area contributed by atoms with E-state index in [1.54, 1.807) is 24.3 Å². The number of nitro groups is 2. The van der Waals surface area contributed by atoms with Gasteiger partial charge in [-0.25, -0.2) is 9.59 Å². The van der Waals surface area contributed by atoms with Gasteiger partial charge in [0, 0.05) is 37.4 Å². The topological polar surface area (TPSA) is 145 Å². The number of rotatable bonds is 26. The molecule has 12 nitrogen and oxygen atoms in total. The molecule has 0 fully saturated rings. The van der Waals surface area contributed by atoms with Crippen LogP contribution in [0.2, 0.25) is 0 Å². The van der Waals surface area contributed by atoms with E-state index in [2.05, 4.69) is 23.6 Å². The van der Waals surface area contributed by atoms with E-state index in [9.17, 15) is 29.8 Å². The number of benzene rings is 2. The normalized spacial score (nSPS) is 12.5. The lowest BCUT2D eigenvalue weighted by atomic mass is 10.1. The Morgan fingerprint density at radius 3 is 1.24 bits per heavy atom. The molecule has 0 N–H and O–H groups in total. The third-order valence-electron chi connectivity index (χ3n) is 9.00. The smallest absolute Gasteiger partial charge is 0.419 e. The molecule has 0 saturated heterocycles. The van der Waals surface area contributed by atoms with Crippen molar-refractivity contribution in [2.24, 2.45) is 0 Å². The fourth-order valence-electron chi connectivity index (χ4n) is 6.00. The van der Waals surface area contributed by atoms with Gasteiger partial charge in [0.1, 0.15) is 0 Å². The van der Waals surface area contributed by atoms with Crippen molar-refractivity contribution >= 4 is 23.3 Å². The molecule has 0 aliphatic carbocycles. The first kappa shape index (κ1) is 42.3. The van der Waals surface area contributed by atoms with Crippen molar-refractivity contribution in [2.45, 2.75) is 130 Å². The van der Waals surface area contributed by atoms with Crippen molar-refractivity contribution in [1.29, 1.82) is 0 Å². The number of nitro benzene ring substituents is 2. The van der Waals surface area contributed by atoms with Gasteiger partial charge in [-0.05, 0) is 75.6 Å². The standard InChI is InChI=1S/C38H58N4O8/c1-5-9-11-13-29-39(7-3)35(19-15-17-31-21-25-33(26-22-31)41(45)46)49-37(43)38(44)50-36(40(8-4)30-14-12-10-6-2)20-16-18-32-23-27-34(28-24-32)42(47)48/h21-28,35-36H,5-20,29-30H2,1-4H3. The summed E-state index contributed by atoms with van der Waals surface area (Å²) in [5.74, 6) is -2.03. The summed E-state index contributed by atoms with van der Waals surface area (Å²) in [6.07, 6.45) is 10.8. The maximum absolute atomic E-state index is 13.4. The minimum Gasteiger partial charge on any atom is -0.438 e. The molecule has 0 aliphatic rings. The average Bonchev–Trinajstić information content (AvgIpc) is 3.11. The largest absolute Gasteiger partial charge is 0.438 e. The van der Waals surface area contributed by atoms with Crippen LogP contribution in [0.15, 0.2) is 48.5 Å². The van der Waals surface area contributed by atoms with E-state index in [-0.39, 0.29) is 11.4 Å². The molecule has 0 bridgehead atoms. The van der Waals surface area contributed by atoms with Crippen LogP contribution in [-0.2, 0) is 31.9 Å². The van der Waals surface area contributed by atoms with E-state index in [1.165, 1.54) is 24.3 Å². The first-order chi connectivity index (χ1) is 24.1. The molecule has 0 amide bonds. The van der Waals surface area contributed by atoms with Crippen LogP contribution in [-0.4, -0.2) is 70.2 Å². The molecule has 2 aromatic carbocycles. The molecule has 0 saturated carbocycles. The predicted octanol–water partition coefficient (Wildman–Crippen LogP) is 8.39. The molecule has 0 aliphatic heterocycles. The van der Waals surface area contributed by atoms with Crippen LogP contribution in [0.25, 0.3) is 0 Å². The SMILES string of the molecule is CCCCCCN(CC)C(CCCc1ccc([N+](=O)[O-])cc1)OC(=O)C(=O)OC(CCCc1ccc([N+](=O)[O-])cc1)N(CC)CCCCCC. The number of ether oxygens (including phenoxy) is 2. The summed E-state index contributed by atoms with van der Waals surface area (Å²) in [6, 6.07) is 12.9. The summed E-state index contributed by atoms with van der Waals surface area (Å²) < 4.78 is 11.8. The van der Waals surface area contributed by atoms with Crippen LogP contribution in [0.5, 0.6) is 0 Å². The Balaban J connectivity index is 2.13. The Kier molecular flexibility index (Phi) is 20.5. The molecular weight excluding hydrogens is 640 g/mol. The zero-order valence-corrected chi connectivity index (χ0v) is 30.6. The molecule has 50 heavy (non-hydrogen) atoms. The fraction of sp³-hybridized carbons (Fsp3) is 0.632. The van der Waals surface area contributed by atoms with Crippen LogP contribution in [0.4, 0.5) is 11.4 Å². The predicted molar refractivity (Wildman–Crippen MR) is 195 cm³/mol. The number of aryl methyl sites for hydroxylation is 2. The molecule has 2 atom stereocenters. The molecule has 12 heteroatoms. The van der Waals surface area contributed by atoms with Crippen molar-refractivity contribution in [1.82, 2.24) is 9.80 Å². The van der Waals surface area contributed by atoms with Crippen molar-refractivity contribution < 1.29 is 28.9 Å². The van der Waals surface area contributed by atoms with Gasteiger partial charge in [0.25, 0.3) is 11.4 Å². The molecule has 0 aromatic heterocycles. The molecule has 0 spiro atoms. The van der Waals surface area contributed by atoms with Crippen molar-refractivity contribution in [3.05, 3.63) is 79.9 Å². The number of non-ortho nitro benzene ring substituents is 2. The summed E-state index contributed by atoms with van der Waals surface area (Å²) in [7, 11) is 0. The van der Waals surface area contributed by atoms with Gasteiger partial charge in [-0.2, -0.15) is 0 Å². The highest BCUT2D eigenvalue weighted by atomic mass is 16.6. The Hall–Kier alpha value is -3.90. The summed E-state index contributed by atoms with van der Waals surface area (Å²) in [4.78, 5) is 52.1. The lowest BCUT2D eigenvalue weighted by molar-refractivity contribution is -0.385. The molecule has 2 rings (SSSR count). The second-order valence-corrected chi connectivity index (χ2v) is 12.7. The Bertz CT molecular complexity index is 1190. The van der Waals surface area contributed by atoms with Crippen LogP contribution >= 0.6 is 0 Å². The summed E-state index contributed by atoms with van der Waals surface area (Å²) >= 11 is 0. The minimum atomic E-state index is -1.01. The van der Waals surface area contributed by atoms with Crippen LogP contribution in [0.1, 0.15) is 116 Å². The third kappa shape index (κ3) is 15.8. The maximum Gasteiger partial charge on any atom is 0.419 e. The number of carbonyl (C=O) groups excluding carboxylic acids is 2. The van der Waals surface area contributed by atoms with Gasteiger partial charge in [-0.1, -0.05) is 90.5 Å². The highest BCUT2D eigenvalue weighted by Gasteiger charge is 2.30. The van der Waals surface area contributed by atoms with Gasteiger partial charge in [0.05, 0.1) is 9.85 Å². The number of unbranched alkanes of at least 4 members (excludes halogenated alkanes) is 6. The summed E-state index contributed by atoms with van der Waals surface area (Å²) in [5, 5.41) is 22.1. The van der Waals surface area contributed by atoms with E-state index in [0.717, 1.165) is 75.6 Å². The van der Waals surface area contributed by atoms with Gasteiger partial charge >= 0.3 is 11.9 Å². The number of hydrogen-bond donors (Lipinski definition) is 0. The molecule has 2 aromatic rings. The zero-order chi connectivity index (χ0) is 36.7. The summed E-state index contributed by atoms with van der Waals surface area (Å²) in [5.41, 5.74) is 1.97. The second kappa shape index (κ2) is 24.3. The van der Waals surface area contributed by atoms with Gasteiger partial charge in [-0.3, -0.25) is 30.0 Å². The monoisotopic (exact) mass is 698 g/mol. The van der Waals surface area contributed by atoms with E-state index in [0.29, 0.717) is 51.6 Å². The highest BCUT2D eigenvalue weighted by Crippen LogP contribution is 2.20. The number of nitrogens with zero attached hydrogens (tertiary/aromatic N) is 4. The highest BCUT2D eigenvalue weighted by molar-refractivity contribution is 6.29. The minimum absolute atomic E-state index is 0.0376. The van der Waals surface area contributed by atoms with E-state index >= 15 is 0 Å². The van der Waals surface area contributed by atoms with E-state index < -0.39 is 34.2 Å². The molecule has 0 radical (unpaired) electrons. The Morgan fingerprint density at radius 1 is 0.580 bits per heavy atom. The zero-order valence-electron chi connectivity index (χ0n) is 30.6. The first-order valence-corrected chi connectivity index (χ1v) is 18.5. The number of hydrogen-bond acceptors (Lipinski definition) is 10. The van der Waals surface area contributed by atoms with Gasteiger partial charge in [0.2, 0.25) is 0 Å². The fourth-order valence-corrected chi connectivity index (χ4v) is 6.00. The van der Waals surface area contributed by atoms with E-state index in [4.69, 9.17) is 9.47 Å². The lowest BCUT2D eigenvalue weighted by Gasteiger charge is -2.32. The molecule has 2 unspecified atom stereocenters. The Morgan fingerprint density at radius 2 is 0.940 bits per heavy atom.